The van der Waals surface area contributed by atoms with E-state index >= 15 is 0 Å². The molecular weight excluding hydrogens is 194 g/mol. The molecule has 2 rings (SSSR count). The van der Waals surface area contributed by atoms with Crippen molar-refractivity contribution in [2.75, 3.05) is 38.3 Å². The molecule has 0 aliphatic carbocycles. The quantitative estimate of drug-likeness (QED) is 0.795. The van der Waals surface area contributed by atoms with Gasteiger partial charge in [0, 0.05) is 19.2 Å². The first-order valence-electron chi connectivity index (χ1n) is 5.01. The SMILES string of the molecule is COc1ccc(O)cc1N1CCOCC1. The van der Waals surface area contributed by atoms with Gasteiger partial charge in [-0.1, -0.05) is 0 Å². The highest BCUT2D eigenvalue weighted by atomic mass is 16.5. The summed E-state index contributed by atoms with van der Waals surface area (Å²) in [5.74, 6) is 1.05. The molecule has 1 heterocycles. The van der Waals surface area contributed by atoms with Crippen molar-refractivity contribution in [2.24, 2.45) is 0 Å². The van der Waals surface area contributed by atoms with Crippen LogP contribution in [0.15, 0.2) is 18.2 Å². The number of hydrogen-bond acceptors (Lipinski definition) is 4. The molecule has 82 valence electrons. The Morgan fingerprint density at radius 3 is 2.73 bits per heavy atom. The van der Waals surface area contributed by atoms with Gasteiger partial charge in [-0.05, 0) is 12.1 Å². The minimum Gasteiger partial charge on any atom is -0.508 e. The van der Waals surface area contributed by atoms with E-state index in [4.69, 9.17) is 9.47 Å². The number of ether oxygens (including phenoxy) is 2. The maximum atomic E-state index is 9.45. The summed E-state index contributed by atoms with van der Waals surface area (Å²) in [5.41, 5.74) is 0.931. The number of hydrogen-bond donors (Lipinski definition) is 1. The summed E-state index contributed by atoms with van der Waals surface area (Å²) in [7, 11) is 1.64. The fourth-order valence-corrected chi connectivity index (χ4v) is 1.73. The van der Waals surface area contributed by atoms with Crippen LogP contribution in [0.5, 0.6) is 11.5 Å². The molecule has 1 aromatic rings. The van der Waals surface area contributed by atoms with Gasteiger partial charge in [0.25, 0.3) is 0 Å². The highest BCUT2D eigenvalue weighted by Crippen LogP contribution is 2.32. The molecule has 0 aromatic heterocycles. The Morgan fingerprint density at radius 1 is 1.33 bits per heavy atom. The van der Waals surface area contributed by atoms with Crippen LogP contribution in [0.3, 0.4) is 0 Å². The minimum absolute atomic E-state index is 0.261. The molecule has 4 nitrogen and oxygen atoms in total. The molecule has 0 amide bonds. The van der Waals surface area contributed by atoms with Crippen LogP contribution in [0.4, 0.5) is 5.69 Å². The lowest BCUT2D eigenvalue weighted by Crippen LogP contribution is -2.36. The molecule has 15 heavy (non-hydrogen) atoms. The highest BCUT2D eigenvalue weighted by Gasteiger charge is 2.15. The second-order valence-electron chi connectivity index (χ2n) is 3.46. The number of nitrogens with zero attached hydrogens (tertiary/aromatic N) is 1. The number of phenolic OH excluding ortho intramolecular Hbond substituents is 1. The maximum Gasteiger partial charge on any atom is 0.142 e. The summed E-state index contributed by atoms with van der Waals surface area (Å²) in [6, 6.07) is 5.13. The molecule has 0 unspecified atom stereocenters. The third-order valence-corrected chi connectivity index (χ3v) is 2.51. The van der Waals surface area contributed by atoms with Crippen LogP contribution < -0.4 is 9.64 Å². The summed E-state index contributed by atoms with van der Waals surface area (Å²) in [6.45, 7) is 3.11. The van der Waals surface area contributed by atoms with Crippen LogP contribution in [0.25, 0.3) is 0 Å². The van der Waals surface area contributed by atoms with Gasteiger partial charge in [0.05, 0.1) is 26.0 Å². The molecule has 0 spiro atoms. The van der Waals surface area contributed by atoms with E-state index in [-0.39, 0.29) is 5.75 Å². The van der Waals surface area contributed by atoms with Gasteiger partial charge in [-0.2, -0.15) is 0 Å². The molecule has 1 N–H and O–H groups in total. The van der Waals surface area contributed by atoms with Crippen molar-refractivity contribution in [3.05, 3.63) is 18.2 Å². The number of anilines is 1. The molecule has 0 radical (unpaired) electrons. The molecule has 4 heteroatoms. The first kappa shape index (κ1) is 10.1. The maximum absolute atomic E-state index is 9.45. The Morgan fingerprint density at radius 2 is 2.07 bits per heavy atom. The van der Waals surface area contributed by atoms with E-state index in [1.54, 1.807) is 25.3 Å². The Bertz CT molecular complexity index is 335. The standard InChI is InChI=1S/C11H15NO3/c1-14-11-3-2-9(13)8-10(11)12-4-6-15-7-5-12/h2-3,8,13H,4-7H2,1H3. The Labute approximate surface area is 89.0 Å². The lowest BCUT2D eigenvalue weighted by molar-refractivity contribution is 0.122. The van der Waals surface area contributed by atoms with Crippen LogP contribution >= 0.6 is 0 Å². The topological polar surface area (TPSA) is 41.9 Å². The van der Waals surface area contributed by atoms with Crippen LogP contribution in [-0.2, 0) is 4.74 Å². The van der Waals surface area contributed by atoms with Crippen molar-refractivity contribution in [1.82, 2.24) is 0 Å². The van der Waals surface area contributed by atoms with E-state index in [0.29, 0.717) is 0 Å². The number of benzene rings is 1. The van der Waals surface area contributed by atoms with Crippen molar-refractivity contribution < 1.29 is 14.6 Å². The summed E-state index contributed by atoms with van der Waals surface area (Å²) in [4.78, 5) is 2.15. The Hall–Kier alpha value is -1.42. The monoisotopic (exact) mass is 209 g/mol. The largest absolute Gasteiger partial charge is 0.508 e. The van der Waals surface area contributed by atoms with Crippen molar-refractivity contribution in [1.29, 1.82) is 0 Å². The average molecular weight is 209 g/mol. The zero-order valence-electron chi connectivity index (χ0n) is 8.77. The smallest absolute Gasteiger partial charge is 0.142 e. The van der Waals surface area contributed by atoms with Gasteiger partial charge in [-0.3, -0.25) is 0 Å². The number of phenols is 1. The normalized spacial score (nSPS) is 16.5. The van der Waals surface area contributed by atoms with Crippen molar-refractivity contribution in [3.63, 3.8) is 0 Å². The van der Waals surface area contributed by atoms with Crippen LogP contribution in [0.1, 0.15) is 0 Å². The second-order valence-corrected chi connectivity index (χ2v) is 3.46. The zero-order chi connectivity index (χ0) is 10.7. The summed E-state index contributed by atoms with van der Waals surface area (Å²) < 4.78 is 10.5. The van der Waals surface area contributed by atoms with Gasteiger partial charge >= 0.3 is 0 Å². The number of methoxy groups -OCH3 is 1. The third-order valence-electron chi connectivity index (χ3n) is 2.51. The van der Waals surface area contributed by atoms with Gasteiger partial charge < -0.3 is 19.5 Å². The van der Waals surface area contributed by atoms with E-state index in [1.165, 1.54) is 0 Å². The lowest BCUT2D eigenvalue weighted by atomic mass is 10.2. The number of rotatable bonds is 2. The minimum atomic E-state index is 0.261. The third kappa shape index (κ3) is 2.15. The van der Waals surface area contributed by atoms with E-state index in [9.17, 15) is 5.11 Å². The molecule has 1 saturated heterocycles. The second kappa shape index (κ2) is 4.40. The Kier molecular flexibility index (Phi) is 2.97. The van der Waals surface area contributed by atoms with Crippen molar-refractivity contribution in [2.45, 2.75) is 0 Å². The van der Waals surface area contributed by atoms with E-state index in [2.05, 4.69) is 4.90 Å². The molecule has 0 bridgehead atoms. The fourth-order valence-electron chi connectivity index (χ4n) is 1.73. The molecule has 0 saturated carbocycles. The fraction of sp³-hybridized carbons (Fsp3) is 0.455. The highest BCUT2D eigenvalue weighted by molar-refractivity contribution is 5.61. The molecule has 1 fully saturated rings. The summed E-state index contributed by atoms with van der Waals surface area (Å²) in [6.07, 6.45) is 0. The van der Waals surface area contributed by atoms with E-state index in [0.717, 1.165) is 37.7 Å². The summed E-state index contributed by atoms with van der Waals surface area (Å²) >= 11 is 0. The first-order chi connectivity index (χ1) is 7.31. The number of aromatic hydroxyl groups is 1. The van der Waals surface area contributed by atoms with E-state index < -0.39 is 0 Å². The van der Waals surface area contributed by atoms with Crippen LogP contribution in [0.2, 0.25) is 0 Å². The molecule has 1 aliphatic rings. The predicted molar refractivity (Wildman–Crippen MR) is 57.7 cm³/mol. The lowest BCUT2D eigenvalue weighted by Gasteiger charge is -2.30. The zero-order valence-corrected chi connectivity index (χ0v) is 8.77. The Balaban J connectivity index is 2.27. The summed E-state index contributed by atoms with van der Waals surface area (Å²) in [5, 5.41) is 9.45. The number of morpholine rings is 1. The van der Waals surface area contributed by atoms with Gasteiger partial charge in [0.1, 0.15) is 11.5 Å². The van der Waals surface area contributed by atoms with Gasteiger partial charge in [0.15, 0.2) is 0 Å². The van der Waals surface area contributed by atoms with Crippen LogP contribution in [0, 0.1) is 0 Å². The van der Waals surface area contributed by atoms with Gasteiger partial charge in [-0.25, -0.2) is 0 Å². The van der Waals surface area contributed by atoms with Gasteiger partial charge in [-0.15, -0.1) is 0 Å². The average Bonchev–Trinajstić information content (AvgIpc) is 2.30. The van der Waals surface area contributed by atoms with Gasteiger partial charge in [0.2, 0.25) is 0 Å². The van der Waals surface area contributed by atoms with Crippen molar-refractivity contribution in [3.8, 4) is 11.5 Å². The predicted octanol–water partition coefficient (Wildman–Crippen LogP) is 1.24. The molecule has 1 aliphatic heterocycles. The molecule has 1 aromatic carbocycles. The molecule has 0 atom stereocenters. The van der Waals surface area contributed by atoms with Crippen molar-refractivity contribution >= 4 is 5.69 Å². The van der Waals surface area contributed by atoms with Crippen LogP contribution in [-0.4, -0.2) is 38.5 Å². The molecular formula is C11H15NO3. The van der Waals surface area contributed by atoms with E-state index in [1.807, 2.05) is 0 Å². The first-order valence-corrected chi connectivity index (χ1v) is 5.01.